The molecule has 1 N–H and O–H groups in total. The van der Waals surface area contributed by atoms with Crippen molar-refractivity contribution in [2.24, 2.45) is 7.05 Å². The van der Waals surface area contributed by atoms with Crippen LogP contribution >= 0.6 is 11.3 Å². The molecule has 0 saturated heterocycles. The second-order valence-corrected chi connectivity index (χ2v) is 4.77. The van der Waals surface area contributed by atoms with E-state index in [1.54, 1.807) is 14.0 Å². The molecule has 0 radical (unpaired) electrons. The maximum atomic E-state index is 12.7. The van der Waals surface area contributed by atoms with Gasteiger partial charge in [-0.3, -0.25) is 4.68 Å². The Balaban J connectivity index is 2.62. The standard InChI is InChI=1S/C10H8F3N3O2S/c1-4-5(3-14-16(4)2)8-15-7(10(11,12)13)6(19-8)9(17)18/h3H,1-2H3,(H,17,18). The lowest BCUT2D eigenvalue weighted by atomic mass is 10.3. The van der Waals surface area contributed by atoms with Gasteiger partial charge in [-0.15, -0.1) is 11.3 Å². The number of alkyl halides is 3. The Morgan fingerprint density at radius 3 is 2.47 bits per heavy atom. The van der Waals surface area contributed by atoms with Crippen LogP contribution < -0.4 is 0 Å². The van der Waals surface area contributed by atoms with Gasteiger partial charge in [-0.1, -0.05) is 0 Å². The minimum absolute atomic E-state index is 0.00433. The molecular weight excluding hydrogens is 283 g/mol. The topological polar surface area (TPSA) is 68.0 Å². The quantitative estimate of drug-likeness (QED) is 0.923. The van der Waals surface area contributed by atoms with Crippen LogP contribution in [0.4, 0.5) is 13.2 Å². The van der Waals surface area contributed by atoms with E-state index < -0.39 is 22.7 Å². The molecule has 0 amide bonds. The number of nitrogens with zero attached hydrogens (tertiary/aromatic N) is 3. The van der Waals surface area contributed by atoms with Crippen molar-refractivity contribution >= 4 is 17.3 Å². The van der Waals surface area contributed by atoms with Gasteiger partial charge in [0, 0.05) is 12.7 Å². The number of rotatable bonds is 2. The molecule has 2 aromatic rings. The molecule has 0 unspecified atom stereocenters. The Bertz CT molecular complexity index is 645. The zero-order valence-electron chi connectivity index (χ0n) is 9.82. The van der Waals surface area contributed by atoms with Crippen molar-refractivity contribution < 1.29 is 23.1 Å². The third kappa shape index (κ3) is 2.33. The van der Waals surface area contributed by atoms with Crippen molar-refractivity contribution in [3.05, 3.63) is 22.5 Å². The average molecular weight is 291 g/mol. The van der Waals surface area contributed by atoms with E-state index in [9.17, 15) is 18.0 Å². The molecule has 0 aliphatic heterocycles. The molecular formula is C10H8F3N3O2S. The summed E-state index contributed by atoms with van der Waals surface area (Å²) in [6.07, 6.45) is -3.43. The smallest absolute Gasteiger partial charge is 0.435 e. The maximum Gasteiger partial charge on any atom is 0.435 e. The van der Waals surface area contributed by atoms with Crippen molar-refractivity contribution in [3.8, 4) is 10.6 Å². The summed E-state index contributed by atoms with van der Waals surface area (Å²) >= 11 is 0.491. The third-order valence-corrected chi connectivity index (χ3v) is 3.63. The molecule has 19 heavy (non-hydrogen) atoms. The predicted molar refractivity (Wildman–Crippen MR) is 61.0 cm³/mol. The molecule has 0 atom stereocenters. The Hall–Kier alpha value is -1.90. The van der Waals surface area contributed by atoms with Gasteiger partial charge in [0.25, 0.3) is 0 Å². The number of aromatic carboxylic acids is 1. The number of carbonyl (C=O) groups is 1. The van der Waals surface area contributed by atoms with Crippen LogP contribution in [0.15, 0.2) is 6.20 Å². The van der Waals surface area contributed by atoms with E-state index in [1.807, 2.05) is 0 Å². The fourth-order valence-corrected chi connectivity index (χ4v) is 2.47. The predicted octanol–water partition coefficient (Wildman–Crippen LogP) is 2.57. The van der Waals surface area contributed by atoms with Crippen LogP contribution in [0.1, 0.15) is 21.1 Å². The summed E-state index contributed by atoms with van der Waals surface area (Å²) < 4.78 is 39.6. The molecule has 0 bridgehead atoms. The lowest BCUT2D eigenvalue weighted by Gasteiger charge is -2.02. The number of thiazole rings is 1. The molecule has 0 spiro atoms. The van der Waals surface area contributed by atoms with E-state index in [2.05, 4.69) is 10.1 Å². The zero-order chi connectivity index (χ0) is 14.4. The second kappa shape index (κ2) is 4.34. The highest BCUT2D eigenvalue weighted by Gasteiger charge is 2.40. The van der Waals surface area contributed by atoms with Gasteiger partial charge in [0.05, 0.1) is 11.8 Å². The summed E-state index contributed by atoms with van der Waals surface area (Å²) in [5.74, 6) is -1.64. The molecule has 102 valence electrons. The van der Waals surface area contributed by atoms with Crippen molar-refractivity contribution in [1.82, 2.24) is 14.8 Å². The van der Waals surface area contributed by atoms with Gasteiger partial charge in [-0.2, -0.15) is 18.3 Å². The normalized spacial score (nSPS) is 11.8. The number of hydrogen-bond acceptors (Lipinski definition) is 4. The number of aryl methyl sites for hydroxylation is 1. The molecule has 0 fully saturated rings. The van der Waals surface area contributed by atoms with Crippen molar-refractivity contribution in [2.75, 3.05) is 0 Å². The van der Waals surface area contributed by atoms with E-state index in [-0.39, 0.29) is 5.01 Å². The Labute approximate surface area is 109 Å². The van der Waals surface area contributed by atoms with Crippen LogP contribution in [0, 0.1) is 6.92 Å². The highest BCUT2D eigenvalue weighted by atomic mass is 32.1. The Morgan fingerprint density at radius 2 is 2.11 bits per heavy atom. The van der Waals surface area contributed by atoms with Gasteiger partial charge in [0.15, 0.2) is 5.69 Å². The lowest BCUT2D eigenvalue weighted by Crippen LogP contribution is -2.11. The molecule has 0 saturated carbocycles. The van der Waals surface area contributed by atoms with Crippen LogP contribution in [0.5, 0.6) is 0 Å². The highest BCUT2D eigenvalue weighted by molar-refractivity contribution is 7.17. The van der Waals surface area contributed by atoms with E-state index in [0.29, 0.717) is 22.6 Å². The van der Waals surface area contributed by atoms with Crippen molar-refractivity contribution in [2.45, 2.75) is 13.1 Å². The van der Waals surface area contributed by atoms with Crippen LogP contribution in [-0.4, -0.2) is 25.8 Å². The van der Waals surface area contributed by atoms with Gasteiger partial charge in [0.1, 0.15) is 9.88 Å². The van der Waals surface area contributed by atoms with Crippen LogP contribution in [0.3, 0.4) is 0 Å². The lowest BCUT2D eigenvalue weighted by molar-refractivity contribution is -0.141. The van der Waals surface area contributed by atoms with Gasteiger partial charge in [-0.05, 0) is 6.92 Å². The first-order valence-electron chi connectivity index (χ1n) is 5.02. The van der Waals surface area contributed by atoms with Crippen LogP contribution in [-0.2, 0) is 13.2 Å². The Morgan fingerprint density at radius 1 is 1.47 bits per heavy atom. The van der Waals surface area contributed by atoms with Gasteiger partial charge in [-0.25, -0.2) is 9.78 Å². The largest absolute Gasteiger partial charge is 0.477 e. The molecule has 2 heterocycles. The van der Waals surface area contributed by atoms with Gasteiger partial charge in [0.2, 0.25) is 0 Å². The SMILES string of the molecule is Cc1c(-c2nc(C(F)(F)F)c(C(=O)O)s2)cnn1C. The first kappa shape index (κ1) is 13.5. The minimum Gasteiger partial charge on any atom is -0.477 e. The zero-order valence-corrected chi connectivity index (χ0v) is 10.6. The van der Waals surface area contributed by atoms with Gasteiger partial charge < -0.3 is 5.11 Å². The third-order valence-electron chi connectivity index (χ3n) is 2.56. The highest BCUT2D eigenvalue weighted by Crippen LogP contribution is 2.38. The number of aromatic nitrogens is 3. The molecule has 9 heteroatoms. The summed E-state index contributed by atoms with van der Waals surface area (Å²) in [5.41, 5.74) is -0.367. The first-order valence-corrected chi connectivity index (χ1v) is 5.83. The number of halogens is 3. The van der Waals surface area contributed by atoms with E-state index in [4.69, 9.17) is 5.11 Å². The van der Waals surface area contributed by atoms with Crippen molar-refractivity contribution in [1.29, 1.82) is 0 Å². The van der Waals surface area contributed by atoms with Crippen LogP contribution in [0.25, 0.3) is 10.6 Å². The monoisotopic (exact) mass is 291 g/mol. The van der Waals surface area contributed by atoms with Gasteiger partial charge >= 0.3 is 12.1 Å². The minimum atomic E-state index is -4.79. The Kier molecular flexibility index (Phi) is 3.09. The van der Waals surface area contributed by atoms with E-state index in [0.717, 1.165) is 0 Å². The van der Waals surface area contributed by atoms with E-state index >= 15 is 0 Å². The van der Waals surface area contributed by atoms with E-state index in [1.165, 1.54) is 10.9 Å². The number of carboxylic acids is 1. The first-order chi connectivity index (χ1) is 8.71. The van der Waals surface area contributed by atoms with Crippen LogP contribution in [0.2, 0.25) is 0 Å². The molecule has 2 rings (SSSR count). The fourth-order valence-electron chi connectivity index (χ4n) is 1.48. The summed E-state index contributed by atoms with van der Waals surface area (Å²) in [6.45, 7) is 1.66. The number of hydrogen-bond donors (Lipinski definition) is 1. The maximum absolute atomic E-state index is 12.7. The number of carboxylic acid groups (broad SMARTS) is 1. The molecule has 2 aromatic heterocycles. The summed E-state index contributed by atoms with van der Waals surface area (Å²) in [7, 11) is 1.63. The molecule has 0 aliphatic rings. The molecule has 0 aromatic carbocycles. The molecule has 0 aliphatic carbocycles. The second-order valence-electron chi connectivity index (χ2n) is 3.77. The fraction of sp³-hybridized carbons (Fsp3) is 0.300. The molecule has 5 nitrogen and oxygen atoms in total. The average Bonchev–Trinajstić information content (AvgIpc) is 2.84. The van der Waals surface area contributed by atoms with Crippen molar-refractivity contribution in [3.63, 3.8) is 0 Å². The summed E-state index contributed by atoms with van der Waals surface area (Å²) in [4.78, 5) is 13.4. The summed E-state index contributed by atoms with van der Waals surface area (Å²) in [5, 5.41) is 12.7. The summed E-state index contributed by atoms with van der Waals surface area (Å²) in [6, 6.07) is 0.